The number of hydrogen-bond acceptors (Lipinski definition) is 7. The lowest BCUT2D eigenvalue weighted by atomic mass is 9.97. The molecule has 0 unspecified atom stereocenters. The Kier molecular flexibility index (Phi) is 8.76. The molecule has 160 valence electrons. The maximum atomic E-state index is 12.3. The Hall–Kier alpha value is -2.77. The van der Waals surface area contributed by atoms with E-state index in [0.29, 0.717) is 50.5 Å². The van der Waals surface area contributed by atoms with Gasteiger partial charge >= 0.3 is 11.9 Å². The molecule has 0 N–H and O–H groups in total. The summed E-state index contributed by atoms with van der Waals surface area (Å²) in [7, 11) is 3.10. The molecule has 8 heteroatoms. The third-order valence-corrected chi connectivity index (χ3v) is 4.91. The van der Waals surface area contributed by atoms with Gasteiger partial charge < -0.3 is 23.8 Å². The highest BCUT2D eigenvalue weighted by Crippen LogP contribution is 2.31. The second kappa shape index (κ2) is 11.3. The molecule has 0 saturated carbocycles. The number of methoxy groups -OCH3 is 2. The molecule has 0 radical (unpaired) electrons. The van der Waals surface area contributed by atoms with Crippen molar-refractivity contribution in [2.45, 2.75) is 32.6 Å². The number of carbonyl (C=O) groups is 3. The number of rotatable bonds is 9. The molecule has 1 fully saturated rings. The van der Waals surface area contributed by atoms with E-state index in [9.17, 15) is 14.4 Å². The third kappa shape index (κ3) is 6.37. The van der Waals surface area contributed by atoms with E-state index in [1.54, 1.807) is 32.1 Å². The number of likely N-dealkylation sites (tertiary alicyclic amines) is 1. The van der Waals surface area contributed by atoms with Crippen LogP contribution in [0.4, 0.5) is 0 Å². The van der Waals surface area contributed by atoms with Crippen LogP contribution in [0.5, 0.6) is 11.5 Å². The monoisotopic (exact) mass is 407 g/mol. The molecule has 1 aromatic rings. The van der Waals surface area contributed by atoms with E-state index in [2.05, 4.69) is 0 Å². The minimum Gasteiger partial charge on any atom is -0.493 e. The lowest BCUT2D eigenvalue weighted by molar-refractivity contribution is -0.154. The molecule has 1 saturated heterocycles. The predicted molar refractivity (Wildman–Crippen MR) is 105 cm³/mol. The fourth-order valence-corrected chi connectivity index (χ4v) is 3.32. The smallest absolute Gasteiger partial charge is 0.309 e. The quantitative estimate of drug-likeness (QED) is 0.578. The maximum absolute atomic E-state index is 12.3. The zero-order valence-electron chi connectivity index (χ0n) is 17.3. The van der Waals surface area contributed by atoms with Crippen LogP contribution < -0.4 is 9.47 Å². The van der Waals surface area contributed by atoms with Crippen LogP contribution in [0.2, 0.25) is 0 Å². The molecule has 2 rings (SSSR count). The van der Waals surface area contributed by atoms with Crippen LogP contribution in [0.3, 0.4) is 0 Å². The molecule has 0 bridgehead atoms. The van der Waals surface area contributed by atoms with Gasteiger partial charge in [0.2, 0.25) is 0 Å². The molecular weight excluding hydrogens is 378 g/mol. The van der Waals surface area contributed by atoms with Crippen LogP contribution in [0.25, 0.3) is 0 Å². The van der Waals surface area contributed by atoms with Gasteiger partial charge in [-0.05, 0) is 37.8 Å². The number of ether oxygens (including phenoxy) is 4. The van der Waals surface area contributed by atoms with Gasteiger partial charge in [-0.25, -0.2) is 0 Å². The first kappa shape index (κ1) is 22.5. The van der Waals surface area contributed by atoms with Crippen molar-refractivity contribution in [2.75, 3.05) is 40.5 Å². The van der Waals surface area contributed by atoms with Gasteiger partial charge in [-0.15, -0.1) is 0 Å². The standard InChI is InChI=1S/C21H29NO7/c1-4-28-21(25)16-10-12-22(13-11-16)18(23)14-29-19(24)9-8-15-6-5-7-17(26-2)20(15)27-3/h5-7,16H,4,8-14H2,1-3H3. The molecule has 1 aliphatic rings. The highest BCUT2D eigenvalue weighted by molar-refractivity contribution is 5.81. The second-order valence-corrected chi connectivity index (χ2v) is 6.72. The first-order chi connectivity index (χ1) is 14.0. The lowest BCUT2D eigenvalue weighted by Gasteiger charge is -2.30. The van der Waals surface area contributed by atoms with E-state index < -0.39 is 5.97 Å². The van der Waals surface area contributed by atoms with Crippen molar-refractivity contribution in [3.63, 3.8) is 0 Å². The number of esters is 2. The number of hydrogen-bond donors (Lipinski definition) is 0. The zero-order chi connectivity index (χ0) is 21.2. The van der Waals surface area contributed by atoms with Crippen molar-refractivity contribution >= 4 is 17.8 Å². The highest BCUT2D eigenvalue weighted by Gasteiger charge is 2.28. The molecule has 1 aromatic carbocycles. The number of aryl methyl sites for hydroxylation is 1. The first-order valence-electron chi connectivity index (χ1n) is 9.80. The summed E-state index contributed by atoms with van der Waals surface area (Å²) in [5.74, 6) is 0.103. The third-order valence-electron chi connectivity index (χ3n) is 4.91. The molecule has 1 heterocycles. The van der Waals surface area contributed by atoms with E-state index in [1.807, 2.05) is 12.1 Å². The van der Waals surface area contributed by atoms with Crippen LogP contribution in [-0.2, 0) is 30.3 Å². The lowest BCUT2D eigenvalue weighted by Crippen LogP contribution is -2.42. The molecule has 0 spiro atoms. The van der Waals surface area contributed by atoms with E-state index in [0.717, 1.165) is 5.56 Å². The van der Waals surface area contributed by atoms with Crippen LogP contribution in [-0.4, -0.2) is 63.3 Å². The van der Waals surface area contributed by atoms with Gasteiger partial charge in [-0.2, -0.15) is 0 Å². The highest BCUT2D eigenvalue weighted by atomic mass is 16.5. The average Bonchev–Trinajstić information content (AvgIpc) is 2.75. The molecule has 8 nitrogen and oxygen atoms in total. The van der Waals surface area contributed by atoms with Gasteiger partial charge in [-0.3, -0.25) is 14.4 Å². The minimum atomic E-state index is -0.454. The van der Waals surface area contributed by atoms with Gasteiger partial charge in [-0.1, -0.05) is 12.1 Å². The summed E-state index contributed by atoms with van der Waals surface area (Å²) in [6, 6.07) is 5.46. The van der Waals surface area contributed by atoms with Crippen LogP contribution in [0, 0.1) is 5.92 Å². The Balaban J connectivity index is 1.74. The summed E-state index contributed by atoms with van der Waals surface area (Å²) in [6.07, 6.45) is 1.67. The summed E-state index contributed by atoms with van der Waals surface area (Å²) >= 11 is 0. The normalized spacial score (nSPS) is 14.2. The van der Waals surface area contributed by atoms with E-state index >= 15 is 0 Å². The van der Waals surface area contributed by atoms with Gasteiger partial charge in [0.05, 0.1) is 26.7 Å². The Morgan fingerprint density at radius 2 is 1.79 bits per heavy atom. The van der Waals surface area contributed by atoms with Crippen molar-refractivity contribution in [3.05, 3.63) is 23.8 Å². The summed E-state index contributed by atoms with van der Waals surface area (Å²) in [6.45, 7) is 2.75. The Labute approximate surface area is 171 Å². The van der Waals surface area contributed by atoms with Crippen molar-refractivity contribution < 1.29 is 33.3 Å². The number of nitrogens with zero attached hydrogens (tertiary/aromatic N) is 1. The summed E-state index contributed by atoms with van der Waals surface area (Å²) in [5.41, 5.74) is 0.830. The van der Waals surface area contributed by atoms with Gasteiger partial charge in [0.25, 0.3) is 5.91 Å². The number of para-hydroxylation sites is 1. The fraction of sp³-hybridized carbons (Fsp3) is 0.571. The fourth-order valence-electron chi connectivity index (χ4n) is 3.32. The Bertz CT molecular complexity index is 711. The topological polar surface area (TPSA) is 91.4 Å². The SMILES string of the molecule is CCOC(=O)C1CCN(C(=O)COC(=O)CCc2cccc(OC)c2OC)CC1. The van der Waals surface area contributed by atoms with Gasteiger partial charge in [0.1, 0.15) is 0 Å². The van der Waals surface area contributed by atoms with E-state index in [1.165, 1.54) is 0 Å². The Morgan fingerprint density at radius 1 is 1.07 bits per heavy atom. The largest absolute Gasteiger partial charge is 0.493 e. The van der Waals surface area contributed by atoms with E-state index in [4.69, 9.17) is 18.9 Å². The second-order valence-electron chi connectivity index (χ2n) is 6.72. The molecule has 0 aromatic heterocycles. The van der Waals surface area contributed by atoms with Crippen molar-refractivity contribution in [3.8, 4) is 11.5 Å². The average molecular weight is 407 g/mol. The molecule has 1 aliphatic heterocycles. The maximum Gasteiger partial charge on any atom is 0.309 e. The van der Waals surface area contributed by atoms with Crippen LogP contribution in [0.15, 0.2) is 18.2 Å². The molecular formula is C21H29NO7. The number of piperidine rings is 1. The summed E-state index contributed by atoms with van der Waals surface area (Å²) in [5, 5.41) is 0. The van der Waals surface area contributed by atoms with Gasteiger partial charge in [0, 0.05) is 19.5 Å². The summed E-state index contributed by atoms with van der Waals surface area (Å²) < 4.78 is 20.7. The number of amides is 1. The minimum absolute atomic E-state index is 0.127. The van der Waals surface area contributed by atoms with Crippen molar-refractivity contribution in [2.24, 2.45) is 5.92 Å². The van der Waals surface area contributed by atoms with Gasteiger partial charge in [0.15, 0.2) is 18.1 Å². The number of benzene rings is 1. The van der Waals surface area contributed by atoms with Crippen LogP contribution in [0.1, 0.15) is 31.7 Å². The Morgan fingerprint density at radius 3 is 2.41 bits per heavy atom. The van der Waals surface area contributed by atoms with Crippen molar-refractivity contribution in [1.29, 1.82) is 0 Å². The summed E-state index contributed by atoms with van der Waals surface area (Å²) in [4.78, 5) is 37.7. The molecule has 0 atom stereocenters. The van der Waals surface area contributed by atoms with Crippen LogP contribution >= 0.6 is 0 Å². The van der Waals surface area contributed by atoms with E-state index in [-0.39, 0.29) is 30.8 Å². The molecule has 29 heavy (non-hydrogen) atoms. The first-order valence-corrected chi connectivity index (χ1v) is 9.80. The molecule has 0 aliphatic carbocycles. The zero-order valence-corrected chi connectivity index (χ0v) is 17.3. The predicted octanol–water partition coefficient (Wildman–Crippen LogP) is 1.98. The van der Waals surface area contributed by atoms with Crippen molar-refractivity contribution in [1.82, 2.24) is 4.90 Å². The number of carbonyl (C=O) groups excluding carboxylic acids is 3. The molecule has 1 amide bonds.